The summed E-state index contributed by atoms with van der Waals surface area (Å²) in [7, 11) is 3.42. The Labute approximate surface area is 178 Å². The van der Waals surface area contributed by atoms with Gasteiger partial charge < -0.3 is 24.5 Å². The van der Waals surface area contributed by atoms with Gasteiger partial charge in [-0.25, -0.2) is 0 Å². The van der Waals surface area contributed by atoms with Crippen molar-refractivity contribution in [2.24, 2.45) is 11.8 Å². The number of likely N-dealkylation sites (N-methyl/N-ethyl adjacent to an activating group) is 1. The van der Waals surface area contributed by atoms with E-state index >= 15 is 0 Å². The van der Waals surface area contributed by atoms with Gasteiger partial charge in [0.15, 0.2) is 0 Å². The first-order valence-electron chi connectivity index (χ1n) is 10.3. The van der Waals surface area contributed by atoms with Crippen LogP contribution in [0.3, 0.4) is 0 Å². The summed E-state index contributed by atoms with van der Waals surface area (Å²) < 4.78 is 10.0. The molecule has 0 aromatic rings. The van der Waals surface area contributed by atoms with Crippen molar-refractivity contribution in [1.82, 2.24) is 10.2 Å². The Morgan fingerprint density at radius 3 is 1.83 bits per heavy atom. The van der Waals surface area contributed by atoms with Crippen LogP contribution >= 0.6 is 0 Å². The van der Waals surface area contributed by atoms with Crippen molar-refractivity contribution in [2.45, 2.75) is 92.9 Å². The summed E-state index contributed by atoms with van der Waals surface area (Å²) in [5.74, 6) is 1.04. The number of amides is 2. The minimum Gasteiger partial charge on any atom is -0.522 e. The Hall–Kier alpha value is -2.63. The maximum Gasteiger partial charge on any atom is 0.293 e. The first-order valence-corrected chi connectivity index (χ1v) is 10.3. The summed E-state index contributed by atoms with van der Waals surface area (Å²) in [4.78, 5) is 33.3. The largest absolute Gasteiger partial charge is 0.522 e. The van der Waals surface area contributed by atoms with Crippen LogP contribution in [0, 0.1) is 11.8 Å². The Morgan fingerprint density at radius 2 is 1.60 bits per heavy atom. The van der Waals surface area contributed by atoms with E-state index in [0.717, 1.165) is 18.8 Å². The number of nitrogens with one attached hydrogen (secondary N) is 1. The minimum absolute atomic E-state index is 0. The molecule has 186 valence electrons. The van der Waals surface area contributed by atoms with E-state index in [4.69, 9.17) is 4.74 Å². The van der Waals surface area contributed by atoms with Gasteiger partial charge in [0, 0.05) is 14.2 Å². The van der Waals surface area contributed by atoms with E-state index in [9.17, 15) is 14.4 Å². The van der Waals surface area contributed by atoms with Crippen molar-refractivity contribution in [3.05, 3.63) is 0 Å². The van der Waals surface area contributed by atoms with Crippen molar-refractivity contribution >= 4 is 18.8 Å². The van der Waals surface area contributed by atoms with Crippen molar-refractivity contribution in [2.75, 3.05) is 20.7 Å². The first-order chi connectivity index (χ1) is 13.3. The Bertz CT molecular complexity index is 421. The molecule has 2 amide bonds. The van der Waals surface area contributed by atoms with Gasteiger partial charge in [-0.3, -0.25) is 9.59 Å². The predicted molar refractivity (Wildman–Crippen MR) is 118 cm³/mol. The molecule has 1 N–H and O–H groups in total. The molecule has 0 aliphatic carbocycles. The van der Waals surface area contributed by atoms with E-state index in [1.807, 2.05) is 27.7 Å². The van der Waals surface area contributed by atoms with E-state index in [-0.39, 0.29) is 30.2 Å². The number of hydrogen-bond donors (Lipinski definition) is 1. The van der Waals surface area contributed by atoms with Crippen LogP contribution in [0.5, 0.6) is 0 Å². The van der Waals surface area contributed by atoms with E-state index < -0.39 is 0 Å². The van der Waals surface area contributed by atoms with Gasteiger partial charge in [0.1, 0.15) is 5.60 Å². The third kappa shape index (κ3) is 20.1. The molecule has 0 radical (unpaired) electrons. The second-order valence-corrected chi connectivity index (χ2v) is 8.58. The second-order valence-electron chi connectivity index (χ2n) is 8.58. The number of ether oxygens (including phenoxy) is 2. The van der Waals surface area contributed by atoms with Gasteiger partial charge in [-0.05, 0) is 39.0 Å². The topological polar surface area (TPSA) is 84.9 Å². The van der Waals surface area contributed by atoms with E-state index in [1.54, 1.807) is 19.1 Å². The molecule has 0 fully saturated rings. The molecule has 0 bridgehead atoms. The van der Waals surface area contributed by atoms with Crippen molar-refractivity contribution in [3.8, 4) is 0 Å². The van der Waals surface area contributed by atoms with Gasteiger partial charge in [-0.15, -0.1) is 0 Å². The molecule has 0 aliphatic heterocycles. The SMILES string of the molecule is CC(C)(C)OC=O.CC(C)C.CCC(C)C(C(CC)OC)N(C)C(=O)CN[C-]=O.[Fm]. The number of carbonyl (C=O) groups excluding carboxylic acids is 3. The molecule has 0 rings (SSSR count). The van der Waals surface area contributed by atoms with Crippen LogP contribution in [0.25, 0.3) is 0 Å². The number of methoxy groups -OCH3 is 1. The Balaban J connectivity index is -0.000000233. The van der Waals surface area contributed by atoms with Crippen LogP contribution in [-0.4, -0.2) is 62.1 Å². The third-order valence-corrected chi connectivity index (χ3v) is 3.87. The maximum atomic E-state index is 11.9. The van der Waals surface area contributed by atoms with Gasteiger partial charge in [0.25, 0.3) is 6.47 Å². The molecule has 0 saturated heterocycles. The van der Waals surface area contributed by atoms with Gasteiger partial charge >= 0.3 is 0 Å². The van der Waals surface area contributed by atoms with Gasteiger partial charge in [0.05, 0.1) is 18.7 Å². The van der Waals surface area contributed by atoms with Crippen LogP contribution in [0.4, 0.5) is 0 Å². The molecule has 30 heavy (non-hydrogen) atoms. The fourth-order valence-corrected chi connectivity index (χ4v) is 2.33. The summed E-state index contributed by atoms with van der Waals surface area (Å²) in [5.41, 5.74) is -0.318. The van der Waals surface area contributed by atoms with Crippen molar-refractivity contribution in [1.29, 1.82) is 0 Å². The maximum absolute atomic E-state index is 11.9. The second kappa shape index (κ2) is 19.7. The van der Waals surface area contributed by atoms with Crippen LogP contribution < -0.4 is 5.32 Å². The standard InChI is InChI=1S/C13H25N2O3.C5H10O2.C4H10.Fm/c1-6-10(3)13(11(7-2)18-5)15(4)12(17)8-14-9-16;1-5(2,3)7-4-6;1-4(2)3;/h10-11,13H,6-8H2,1-5H3,(H,14,16);4H,1-3H3;4H,1-3H3;/q-1;;;. The van der Waals surface area contributed by atoms with E-state index in [1.165, 1.54) is 6.41 Å². The average Bonchev–Trinajstić information content (AvgIpc) is 2.61. The molecule has 3 unspecified atom stereocenters. The molecule has 0 heterocycles. The van der Waals surface area contributed by atoms with Gasteiger partial charge in [0.2, 0.25) is 5.91 Å². The van der Waals surface area contributed by atoms with Crippen LogP contribution in [0.15, 0.2) is 0 Å². The number of rotatable bonds is 10. The fraction of sp³-hybridized carbons (Fsp3) is 0.864. The summed E-state index contributed by atoms with van der Waals surface area (Å²) >= 11 is 0. The normalized spacial score (nSPS) is 13.1. The Morgan fingerprint density at radius 1 is 1.13 bits per heavy atom. The van der Waals surface area contributed by atoms with E-state index in [0.29, 0.717) is 12.4 Å². The minimum atomic E-state index is -0.318. The Kier molecular flexibility index (Phi) is 22.9. The molecular weight excluding hydrogens is 629 g/mol. The predicted octanol–water partition coefficient (Wildman–Crippen LogP) is 3.56. The number of nitrogens with zero attached hydrogens (tertiary/aromatic N) is 1. The monoisotopic (exact) mass is 674 g/mol. The van der Waals surface area contributed by atoms with Gasteiger partial charge in [-0.1, -0.05) is 48.0 Å². The molecule has 7 nitrogen and oxygen atoms in total. The third-order valence-electron chi connectivity index (χ3n) is 3.87. The first kappa shape index (κ1) is 34.8. The molecule has 0 spiro atoms. The quantitative estimate of drug-likeness (QED) is 0.218. The summed E-state index contributed by atoms with van der Waals surface area (Å²) in [6, 6.07) is 0.0194. The number of carbonyl (C=O) groups is 2. The number of hydrogen-bond acceptors (Lipinski definition) is 5. The molecule has 0 aromatic carbocycles. The summed E-state index contributed by atoms with van der Waals surface area (Å²) in [6.45, 7) is 18.6. The van der Waals surface area contributed by atoms with E-state index in [2.05, 4.69) is 44.7 Å². The summed E-state index contributed by atoms with van der Waals surface area (Å²) in [5, 5.41) is 2.28. The molecular formula is C22H45FmN2O5-. The van der Waals surface area contributed by atoms with Crippen LogP contribution in [0.2, 0.25) is 0 Å². The smallest absolute Gasteiger partial charge is 0.293 e. The molecule has 3 atom stereocenters. The summed E-state index contributed by atoms with van der Waals surface area (Å²) in [6.07, 6.45) is 3.33. The molecule has 0 saturated carbocycles. The zero-order valence-corrected chi connectivity index (χ0v) is 23.2. The zero-order valence-electron chi connectivity index (χ0n) is 20.8. The fourth-order valence-electron chi connectivity index (χ4n) is 2.33. The van der Waals surface area contributed by atoms with Crippen LogP contribution in [-0.2, 0) is 23.9 Å². The molecule has 8 heteroatoms. The van der Waals surface area contributed by atoms with Crippen molar-refractivity contribution < 1.29 is 23.9 Å². The van der Waals surface area contributed by atoms with Gasteiger partial charge in [-0.2, -0.15) is 6.41 Å². The van der Waals surface area contributed by atoms with Crippen LogP contribution in [0.1, 0.15) is 75.2 Å². The van der Waals surface area contributed by atoms with Crippen molar-refractivity contribution in [3.63, 3.8) is 0 Å². The average molecular weight is 675 g/mol. The molecule has 0 aliphatic rings. The zero-order chi connectivity index (χ0) is 23.6. The molecule has 0 aromatic heterocycles.